The summed E-state index contributed by atoms with van der Waals surface area (Å²) in [7, 11) is -2.32. The minimum atomic E-state index is -3.79. The zero-order valence-corrected chi connectivity index (χ0v) is 15.4. The van der Waals surface area contributed by atoms with Crippen LogP contribution in [0.2, 0.25) is 0 Å². The van der Waals surface area contributed by atoms with Crippen molar-refractivity contribution in [2.45, 2.75) is 4.90 Å². The van der Waals surface area contributed by atoms with E-state index in [1.807, 2.05) is 6.07 Å². The summed E-state index contributed by atoms with van der Waals surface area (Å²) in [6.45, 7) is 0. The molecule has 3 aromatic carbocycles. The van der Waals surface area contributed by atoms with Gasteiger partial charge in [0.15, 0.2) is 0 Å². The summed E-state index contributed by atoms with van der Waals surface area (Å²) in [6.07, 6.45) is 0. The maximum atomic E-state index is 12.6. The van der Waals surface area contributed by atoms with Crippen LogP contribution < -0.4 is 14.8 Å². The molecule has 27 heavy (non-hydrogen) atoms. The average Bonchev–Trinajstić information content (AvgIpc) is 2.69. The molecule has 0 aromatic heterocycles. The summed E-state index contributed by atoms with van der Waals surface area (Å²) in [5.74, 6) is 0.158. The van der Waals surface area contributed by atoms with E-state index in [1.54, 1.807) is 48.5 Å². The molecule has 0 aliphatic rings. The number of methoxy groups -OCH3 is 1. The fourth-order valence-electron chi connectivity index (χ4n) is 2.44. The molecule has 6 nitrogen and oxygen atoms in total. The van der Waals surface area contributed by atoms with Gasteiger partial charge < -0.3 is 10.1 Å². The van der Waals surface area contributed by atoms with E-state index in [2.05, 4.69) is 10.0 Å². The molecule has 3 aromatic rings. The lowest BCUT2D eigenvalue weighted by atomic mass is 10.2. The van der Waals surface area contributed by atoms with Crippen LogP contribution in [0.4, 0.5) is 11.4 Å². The molecule has 2 N–H and O–H groups in total. The maximum Gasteiger partial charge on any atom is 0.262 e. The zero-order chi connectivity index (χ0) is 19.3. The highest BCUT2D eigenvalue weighted by Gasteiger charge is 2.16. The van der Waals surface area contributed by atoms with E-state index in [0.717, 1.165) is 0 Å². The molecule has 3 rings (SSSR count). The SMILES string of the molecule is COc1ccccc1NS(=O)(=O)c1ccc(NC(=O)c2ccccc2)cc1. The molecule has 0 atom stereocenters. The van der Waals surface area contributed by atoms with Crippen LogP contribution in [-0.4, -0.2) is 21.4 Å². The van der Waals surface area contributed by atoms with Crippen LogP contribution in [0.15, 0.2) is 83.8 Å². The zero-order valence-electron chi connectivity index (χ0n) is 14.5. The van der Waals surface area contributed by atoms with Crippen LogP contribution in [0.3, 0.4) is 0 Å². The first kappa shape index (κ1) is 18.5. The Morgan fingerprint density at radius 2 is 1.48 bits per heavy atom. The molecular weight excluding hydrogens is 364 g/mol. The minimum Gasteiger partial charge on any atom is -0.495 e. The van der Waals surface area contributed by atoms with Crippen LogP contribution >= 0.6 is 0 Å². The Labute approximate surface area is 157 Å². The third-order valence-corrected chi connectivity index (χ3v) is 5.19. The van der Waals surface area contributed by atoms with Crippen molar-refractivity contribution < 1.29 is 17.9 Å². The number of nitrogens with one attached hydrogen (secondary N) is 2. The second-order valence-electron chi connectivity index (χ2n) is 5.65. The largest absolute Gasteiger partial charge is 0.495 e. The fourth-order valence-corrected chi connectivity index (χ4v) is 3.51. The van der Waals surface area contributed by atoms with E-state index in [9.17, 15) is 13.2 Å². The second kappa shape index (κ2) is 7.92. The predicted octanol–water partition coefficient (Wildman–Crippen LogP) is 3.75. The third kappa shape index (κ3) is 4.45. The van der Waals surface area contributed by atoms with E-state index in [1.165, 1.54) is 31.4 Å². The first-order valence-electron chi connectivity index (χ1n) is 8.12. The summed E-state index contributed by atoms with van der Waals surface area (Å²) in [5, 5.41) is 2.73. The highest BCUT2D eigenvalue weighted by molar-refractivity contribution is 7.92. The Kier molecular flexibility index (Phi) is 5.42. The van der Waals surface area contributed by atoms with Crippen molar-refractivity contribution >= 4 is 27.3 Å². The number of anilines is 2. The van der Waals surface area contributed by atoms with Gasteiger partial charge in [0.25, 0.3) is 15.9 Å². The standard InChI is InChI=1S/C20H18N2O4S/c1-26-19-10-6-5-9-18(19)22-27(24,25)17-13-11-16(12-14-17)21-20(23)15-7-3-2-4-8-15/h2-14,22H,1H3,(H,21,23). The number of carbonyl (C=O) groups excluding carboxylic acids is 1. The van der Waals surface area contributed by atoms with Crippen molar-refractivity contribution in [3.8, 4) is 5.75 Å². The summed E-state index contributed by atoms with van der Waals surface area (Å²) < 4.78 is 32.8. The van der Waals surface area contributed by atoms with Gasteiger partial charge in [0.1, 0.15) is 5.75 Å². The summed E-state index contributed by atoms with van der Waals surface area (Å²) in [4.78, 5) is 12.2. The number of para-hydroxylation sites is 2. The molecule has 0 saturated carbocycles. The Balaban J connectivity index is 1.75. The van der Waals surface area contributed by atoms with Gasteiger partial charge in [0.05, 0.1) is 17.7 Å². The molecular formula is C20H18N2O4S. The highest BCUT2D eigenvalue weighted by atomic mass is 32.2. The number of amides is 1. The number of sulfonamides is 1. The molecule has 0 bridgehead atoms. The van der Waals surface area contributed by atoms with E-state index in [0.29, 0.717) is 22.7 Å². The molecule has 0 radical (unpaired) electrons. The number of hydrogen-bond donors (Lipinski definition) is 2. The van der Waals surface area contributed by atoms with Gasteiger partial charge in [0.2, 0.25) is 0 Å². The molecule has 1 amide bonds. The topological polar surface area (TPSA) is 84.5 Å². The molecule has 7 heteroatoms. The first-order valence-corrected chi connectivity index (χ1v) is 9.60. The van der Waals surface area contributed by atoms with Gasteiger partial charge in [-0.1, -0.05) is 30.3 Å². The summed E-state index contributed by atoms with van der Waals surface area (Å²) in [6, 6.07) is 21.4. The fraction of sp³-hybridized carbons (Fsp3) is 0.0500. The van der Waals surface area contributed by atoms with Crippen molar-refractivity contribution in [1.82, 2.24) is 0 Å². The number of benzene rings is 3. The van der Waals surface area contributed by atoms with Crippen LogP contribution in [0.5, 0.6) is 5.75 Å². The molecule has 0 unspecified atom stereocenters. The number of carbonyl (C=O) groups is 1. The van der Waals surface area contributed by atoms with Crippen LogP contribution in [0.1, 0.15) is 10.4 Å². The Morgan fingerprint density at radius 3 is 2.15 bits per heavy atom. The monoisotopic (exact) mass is 382 g/mol. The lowest BCUT2D eigenvalue weighted by molar-refractivity contribution is 0.102. The van der Waals surface area contributed by atoms with E-state index >= 15 is 0 Å². The number of hydrogen-bond acceptors (Lipinski definition) is 4. The molecule has 0 saturated heterocycles. The molecule has 0 aliphatic heterocycles. The summed E-state index contributed by atoms with van der Waals surface area (Å²) >= 11 is 0. The van der Waals surface area contributed by atoms with Gasteiger partial charge in [0, 0.05) is 11.3 Å². The quantitative estimate of drug-likeness (QED) is 0.680. The average molecular weight is 382 g/mol. The van der Waals surface area contributed by atoms with Gasteiger partial charge in [-0.15, -0.1) is 0 Å². The number of ether oxygens (including phenoxy) is 1. The summed E-state index contributed by atoms with van der Waals surface area (Å²) in [5.41, 5.74) is 1.37. The van der Waals surface area contributed by atoms with E-state index < -0.39 is 10.0 Å². The predicted molar refractivity (Wildman–Crippen MR) is 105 cm³/mol. The van der Waals surface area contributed by atoms with Gasteiger partial charge >= 0.3 is 0 Å². The molecule has 0 fully saturated rings. The van der Waals surface area contributed by atoms with E-state index in [4.69, 9.17) is 4.74 Å². The first-order chi connectivity index (χ1) is 13.0. The van der Waals surface area contributed by atoms with Gasteiger partial charge in [-0.25, -0.2) is 8.42 Å². The highest BCUT2D eigenvalue weighted by Crippen LogP contribution is 2.26. The molecule has 0 aliphatic carbocycles. The Bertz CT molecular complexity index is 1030. The molecule has 0 spiro atoms. The second-order valence-corrected chi connectivity index (χ2v) is 7.33. The van der Waals surface area contributed by atoms with Gasteiger partial charge in [-0.2, -0.15) is 0 Å². The third-order valence-electron chi connectivity index (χ3n) is 3.81. The van der Waals surface area contributed by atoms with Crippen molar-refractivity contribution in [3.05, 3.63) is 84.4 Å². The molecule has 0 heterocycles. The smallest absolute Gasteiger partial charge is 0.262 e. The number of rotatable bonds is 6. The van der Waals surface area contributed by atoms with E-state index in [-0.39, 0.29) is 10.8 Å². The van der Waals surface area contributed by atoms with Crippen molar-refractivity contribution in [3.63, 3.8) is 0 Å². The van der Waals surface area contributed by atoms with Crippen molar-refractivity contribution in [2.75, 3.05) is 17.1 Å². The lowest BCUT2D eigenvalue weighted by Crippen LogP contribution is -2.14. The van der Waals surface area contributed by atoms with Crippen LogP contribution in [0.25, 0.3) is 0 Å². The molecule has 138 valence electrons. The Hall–Kier alpha value is -3.32. The van der Waals surface area contributed by atoms with Gasteiger partial charge in [-0.05, 0) is 48.5 Å². The van der Waals surface area contributed by atoms with Crippen LogP contribution in [-0.2, 0) is 10.0 Å². The Morgan fingerprint density at radius 1 is 0.852 bits per heavy atom. The van der Waals surface area contributed by atoms with Gasteiger partial charge in [-0.3, -0.25) is 9.52 Å². The lowest BCUT2D eigenvalue weighted by Gasteiger charge is -2.12. The van der Waals surface area contributed by atoms with Crippen molar-refractivity contribution in [1.29, 1.82) is 0 Å². The van der Waals surface area contributed by atoms with Crippen LogP contribution in [0, 0.1) is 0 Å². The van der Waals surface area contributed by atoms with Crippen molar-refractivity contribution in [2.24, 2.45) is 0 Å². The minimum absolute atomic E-state index is 0.0751. The normalized spacial score (nSPS) is 10.9. The maximum absolute atomic E-state index is 12.6.